The number of hydrogen-bond acceptors (Lipinski definition) is 7. The van der Waals surface area contributed by atoms with Gasteiger partial charge in [0.25, 0.3) is 0 Å². The zero-order chi connectivity index (χ0) is 20.1. The molecule has 0 aromatic carbocycles. The molecule has 0 bridgehead atoms. The van der Waals surface area contributed by atoms with Gasteiger partial charge < -0.3 is 0 Å². The third kappa shape index (κ3) is 8.66. The molecule has 148 valence electrons. The first kappa shape index (κ1) is 25.1. The first-order chi connectivity index (χ1) is 12.4. The molecule has 0 rings (SSSR count). The van der Waals surface area contributed by atoms with Gasteiger partial charge in [0.1, 0.15) is 0 Å². The number of ketones is 2. The number of hydrogen-bond donors (Lipinski definition) is 0. The van der Waals surface area contributed by atoms with Gasteiger partial charge >= 0.3 is 166 Å². The molecular weight excluding hydrogens is 443 g/mol. The summed E-state index contributed by atoms with van der Waals surface area (Å²) in [4.78, 5) is 48.7. The fourth-order valence-electron chi connectivity index (χ4n) is 2.47. The van der Waals surface area contributed by atoms with Crippen LogP contribution in [0.5, 0.6) is 0 Å². The van der Waals surface area contributed by atoms with E-state index in [9.17, 15) is 19.2 Å². The number of rotatable bonds is 14. The Morgan fingerprint density at radius 2 is 1.12 bits per heavy atom. The van der Waals surface area contributed by atoms with Crippen molar-refractivity contribution in [2.75, 3.05) is 6.61 Å². The number of Topliss-reactive ketones (excluding diaryl/α,β-unsaturated/α-hetero) is 2. The Morgan fingerprint density at radius 1 is 0.731 bits per heavy atom. The van der Waals surface area contributed by atoms with Gasteiger partial charge in [-0.25, -0.2) is 0 Å². The van der Waals surface area contributed by atoms with Gasteiger partial charge in [-0.15, -0.1) is 0 Å². The Labute approximate surface area is 165 Å². The zero-order valence-corrected chi connectivity index (χ0v) is 19.8. The van der Waals surface area contributed by atoms with E-state index in [1.807, 2.05) is 13.8 Å². The van der Waals surface area contributed by atoms with E-state index >= 15 is 0 Å². The molecule has 8 heteroatoms. The van der Waals surface area contributed by atoms with Crippen molar-refractivity contribution in [2.45, 2.75) is 73.1 Å². The summed E-state index contributed by atoms with van der Waals surface area (Å²) in [6.45, 7) is 9.10. The molecule has 0 saturated carbocycles. The van der Waals surface area contributed by atoms with Crippen LogP contribution in [-0.2, 0) is 27.7 Å². The normalized spacial score (nSPS) is 12.8. The average Bonchev–Trinajstić information content (AvgIpc) is 2.56. The first-order valence-electron chi connectivity index (χ1n) is 9.43. The van der Waals surface area contributed by atoms with Crippen molar-refractivity contribution in [3.05, 3.63) is 0 Å². The fraction of sp³-hybridized carbons (Fsp3) is 0.778. The summed E-state index contributed by atoms with van der Waals surface area (Å²) in [5.74, 6) is -3.48. The quantitative estimate of drug-likeness (QED) is 0.358. The maximum absolute atomic E-state index is 12.3. The van der Waals surface area contributed by atoms with Crippen LogP contribution in [0.2, 0.25) is 0 Å². The fourth-order valence-corrected chi connectivity index (χ4v) is 5.80. The molecule has 2 atom stereocenters. The van der Waals surface area contributed by atoms with Gasteiger partial charge in [0.2, 0.25) is 0 Å². The molecule has 26 heavy (non-hydrogen) atoms. The summed E-state index contributed by atoms with van der Waals surface area (Å²) in [5, 5.41) is 0. The van der Waals surface area contributed by atoms with E-state index in [1.165, 1.54) is 0 Å². The van der Waals surface area contributed by atoms with Gasteiger partial charge in [-0.3, -0.25) is 0 Å². The standard InChI is InChI=1S/2C8H14O3.C2H5O.In/c2*1-3-5-7(9)6(4-2)8(10)11;1-2-3;/h2*6H,3-5H2,1-2H3,(H,10,11);2H2,1H3;/q;;-1;+3/p-2. The van der Waals surface area contributed by atoms with Gasteiger partial charge in [-0.2, -0.15) is 0 Å². The zero-order valence-electron chi connectivity index (χ0n) is 16.5. The topological polar surface area (TPSA) is 96.0 Å². The molecule has 0 aromatic heterocycles. The van der Waals surface area contributed by atoms with E-state index < -0.39 is 46.5 Å². The van der Waals surface area contributed by atoms with Crippen LogP contribution < -0.4 is 0 Å². The second-order valence-electron chi connectivity index (χ2n) is 5.97. The minimum absolute atomic E-state index is 0.183. The van der Waals surface area contributed by atoms with Crippen LogP contribution in [-0.4, -0.2) is 52.9 Å². The molecule has 0 saturated heterocycles. The Hall–Kier alpha value is -0.890. The van der Waals surface area contributed by atoms with Crippen molar-refractivity contribution >= 4 is 46.3 Å². The van der Waals surface area contributed by atoms with E-state index in [0.29, 0.717) is 38.5 Å². The molecule has 7 nitrogen and oxygen atoms in total. The third-order valence-electron chi connectivity index (χ3n) is 3.88. The Morgan fingerprint density at radius 3 is 1.38 bits per heavy atom. The summed E-state index contributed by atoms with van der Waals surface area (Å²) in [5.41, 5.74) is 0. The summed E-state index contributed by atoms with van der Waals surface area (Å²) in [7, 11) is 0. The average molecular weight is 474 g/mol. The van der Waals surface area contributed by atoms with Crippen LogP contribution in [0.1, 0.15) is 73.1 Å². The van der Waals surface area contributed by atoms with Gasteiger partial charge in [0, 0.05) is 0 Å². The molecule has 0 aliphatic heterocycles. The summed E-state index contributed by atoms with van der Waals surface area (Å²) < 4.78 is 15.9. The molecule has 0 fully saturated rings. The summed E-state index contributed by atoms with van der Waals surface area (Å²) in [6, 6.07) is 0. The Kier molecular flexibility index (Phi) is 13.7. The van der Waals surface area contributed by atoms with Gasteiger partial charge in [0.15, 0.2) is 0 Å². The van der Waals surface area contributed by atoms with Crippen molar-refractivity contribution in [1.82, 2.24) is 0 Å². The first-order valence-corrected chi connectivity index (χ1v) is 13.5. The van der Waals surface area contributed by atoms with Crippen LogP contribution in [0.4, 0.5) is 0 Å². The Balaban J connectivity index is 5.00. The van der Waals surface area contributed by atoms with Crippen molar-refractivity contribution < 1.29 is 27.7 Å². The van der Waals surface area contributed by atoms with E-state index in [2.05, 4.69) is 0 Å². The van der Waals surface area contributed by atoms with E-state index in [4.69, 9.17) is 8.56 Å². The van der Waals surface area contributed by atoms with Crippen molar-refractivity contribution in [3.63, 3.8) is 0 Å². The maximum atomic E-state index is 12.3. The third-order valence-corrected chi connectivity index (χ3v) is 8.04. The molecule has 0 heterocycles. The number of carbonyl (C=O) groups is 4. The predicted octanol–water partition coefficient (Wildman–Crippen LogP) is 2.89. The Bertz CT molecular complexity index is 438. The second-order valence-corrected chi connectivity index (χ2v) is 9.92. The molecular formula is C18H31InO7. The van der Waals surface area contributed by atoms with Crippen LogP contribution in [0.3, 0.4) is 0 Å². The van der Waals surface area contributed by atoms with Gasteiger partial charge in [0.05, 0.1) is 0 Å². The molecule has 0 spiro atoms. The van der Waals surface area contributed by atoms with Crippen LogP contribution in [0.25, 0.3) is 0 Å². The molecule has 0 amide bonds. The van der Waals surface area contributed by atoms with Crippen molar-refractivity contribution in [3.8, 4) is 0 Å². The minimum atomic E-state index is -3.91. The van der Waals surface area contributed by atoms with Gasteiger partial charge in [-0.05, 0) is 0 Å². The van der Waals surface area contributed by atoms with Crippen molar-refractivity contribution in [2.24, 2.45) is 11.8 Å². The van der Waals surface area contributed by atoms with E-state index in [0.717, 1.165) is 0 Å². The summed E-state index contributed by atoms with van der Waals surface area (Å²) >= 11 is -3.91. The molecule has 0 N–H and O–H groups in total. The monoisotopic (exact) mass is 474 g/mol. The SMILES string of the molecule is CCCC(=O)C(CC)C(=O)[O][In]([O]CC)[O]C(=O)C(CC)C(=O)CCC. The predicted molar refractivity (Wildman–Crippen MR) is 97.0 cm³/mol. The number of carbonyl (C=O) groups excluding carboxylic acids is 4. The van der Waals surface area contributed by atoms with E-state index in [-0.39, 0.29) is 18.2 Å². The second kappa shape index (κ2) is 14.2. The van der Waals surface area contributed by atoms with Crippen LogP contribution in [0, 0.1) is 11.8 Å². The molecule has 2 unspecified atom stereocenters. The van der Waals surface area contributed by atoms with Crippen LogP contribution in [0.15, 0.2) is 0 Å². The van der Waals surface area contributed by atoms with Gasteiger partial charge in [-0.1, -0.05) is 0 Å². The molecule has 0 aliphatic rings. The van der Waals surface area contributed by atoms with Crippen LogP contribution >= 0.6 is 0 Å². The summed E-state index contributed by atoms with van der Waals surface area (Å²) in [6.07, 6.45) is 2.53. The molecule has 0 aliphatic carbocycles. The van der Waals surface area contributed by atoms with Crippen molar-refractivity contribution in [1.29, 1.82) is 0 Å². The van der Waals surface area contributed by atoms with E-state index in [1.54, 1.807) is 20.8 Å². The molecule has 0 aromatic rings. The molecule has 0 radical (unpaired) electrons.